The van der Waals surface area contributed by atoms with Gasteiger partial charge in [-0.3, -0.25) is 0 Å². The van der Waals surface area contributed by atoms with Gasteiger partial charge in [-0.15, -0.1) is 0 Å². The molecule has 4 aliphatic rings. The van der Waals surface area contributed by atoms with Gasteiger partial charge in [0.15, 0.2) is 38.8 Å². The van der Waals surface area contributed by atoms with Crippen LogP contribution in [0.5, 0.6) is 5.75 Å². The zero-order valence-corrected chi connectivity index (χ0v) is 33.6. The van der Waals surface area contributed by atoms with Crippen molar-refractivity contribution in [2.75, 3.05) is 20.3 Å². The van der Waals surface area contributed by atoms with Crippen molar-refractivity contribution in [3.8, 4) is 5.75 Å². The number of aliphatic hydroxyl groups excluding tert-OH is 2. The van der Waals surface area contributed by atoms with Gasteiger partial charge in [0.1, 0.15) is 54.6 Å². The summed E-state index contributed by atoms with van der Waals surface area (Å²) in [4.78, 5) is 0. The lowest BCUT2D eigenvalue weighted by Crippen LogP contribution is -2.64. The van der Waals surface area contributed by atoms with Crippen molar-refractivity contribution in [3.63, 3.8) is 0 Å². The lowest BCUT2D eigenvalue weighted by Gasteiger charge is -2.48. The predicted molar refractivity (Wildman–Crippen MR) is 194 cm³/mol. The zero-order valence-electron chi connectivity index (χ0n) is 32.6. The fourth-order valence-corrected chi connectivity index (χ4v) is 8.12. The van der Waals surface area contributed by atoms with Crippen molar-refractivity contribution in [2.45, 2.75) is 152 Å². The van der Waals surface area contributed by atoms with Crippen molar-refractivity contribution in [1.29, 1.82) is 0 Å². The van der Waals surface area contributed by atoms with Crippen LogP contribution in [-0.2, 0) is 53.7 Å². The van der Waals surface area contributed by atoms with Crippen molar-refractivity contribution < 1.29 is 62.0 Å². The van der Waals surface area contributed by atoms with E-state index in [1.54, 1.807) is 21.0 Å². The van der Waals surface area contributed by atoms with E-state index in [4.69, 9.17) is 51.8 Å². The van der Waals surface area contributed by atoms with E-state index in [0.29, 0.717) is 5.75 Å². The Hall–Kier alpha value is -2.02. The third-order valence-corrected chi connectivity index (χ3v) is 15.1. The summed E-state index contributed by atoms with van der Waals surface area (Å²) in [7, 11) is -0.828. The quantitative estimate of drug-likeness (QED) is 0.217. The van der Waals surface area contributed by atoms with E-state index in [9.17, 15) is 10.2 Å². The molecule has 11 atom stereocenters. The molecular formula is C39H58O13Si. The molecule has 0 bridgehead atoms. The number of benzene rings is 2. The fraction of sp³-hybridized carbons (Fsp3) is 0.692. The number of aliphatic hydroxyl groups is 2. The van der Waals surface area contributed by atoms with Crippen LogP contribution >= 0.6 is 0 Å². The monoisotopic (exact) mass is 762 g/mol. The van der Waals surface area contributed by atoms with Crippen molar-refractivity contribution in [3.05, 3.63) is 65.7 Å². The summed E-state index contributed by atoms with van der Waals surface area (Å²) >= 11 is 0. The topological polar surface area (TPSA) is 142 Å². The number of methoxy groups -OCH3 is 1. The molecule has 0 radical (unpaired) electrons. The molecule has 14 heteroatoms. The van der Waals surface area contributed by atoms with Gasteiger partial charge in [0, 0.05) is 5.56 Å². The molecule has 4 aliphatic heterocycles. The normalized spacial score (nSPS) is 34.0. The molecule has 0 aromatic heterocycles. The maximum absolute atomic E-state index is 12.0. The van der Waals surface area contributed by atoms with E-state index in [0.717, 1.165) is 11.1 Å². The van der Waals surface area contributed by atoms with E-state index < -0.39 is 87.6 Å². The summed E-state index contributed by atoms with van der Waals surface area (Å²) in [5.41, 5.74) is 1.64. The van der Waals surface area contributed by atoms with Crippen LogP contribution in [0.15, 0.2) is 54.6 Å². The second-order valence-electron chi connectivity index (χ2n) is 16.6. The van der Waals surface area contributed by atoms with E-state index in [2.05, 4.69) is 33.9 Å². The molecule has 4 heterocycles. The Labute approximate surface area is 314 Å². The molecule has 2 unspecified atom stereocenters. The number of hydrogen-bond acceptors (Lipinski definition) is 13. The second kappa shape index (κ2) is 15.8. The molecule has 296 valence electrons. The molecule has 13 nitrogen and oxygen atoms in total. The molecule has 6 rings (SSSR count). The van der Waals surface area contributed by atoms with E-state index in [-0.39, 0.29) is 24.9 Å². The van der Waals surface area contributed by atoms with Crippen LogP contribution in [-0.4, -0.2) is 112 Å². The Balaban J connectivity index is 1.25. The summed E-state index contributed by atoms with van der Waals surface area (Å²) in [6.45, 7) is 18.5. The molecule has 0 saturated carbocycles. The first-order valence-corrected chi connectivity index (χ1v) is 21.4. The molecule has 2 aromatic carbocycles. The summed E-state index contributed by atoms with van der Waals surface area (Å²) < 4.78 is 68.9. The number of hydrogen-bond donors (Lipinski definition) is 2. The van der Waals surface area contributed by atoms with E-state index in [1.807, 2.05) is 68.4 Å². The number of ether oxygens (including phenoxy) is 10. The van der Waals surface area contributed by atoms with Gasteiger partial charge >= 0.3 is 0 Å². The third-order valence-electron chi connectivity index (χ3n) is 10.7. The van der Waals surface area contributed by atoms with Crippen molar-refractivity contribution >= 4 is 8.32 Å². The van der Waals surface area contributed by atoms with E-state index in [1.165, 1.54) is 0 Å². The maximum Gasteiger partial charge on any atom is 0.192 e. The summed E-state index contributed by atoms with van der Waals surface area (Å²) in [6.07, 6.45) is -10.5. The van der Waals surface area contributed by atoms with Crippen LogP contribution in [0.3, 0.4) is 0 Å². The Kier molecular flexibility index (Phi) is 12.1. The number of rotatable bonds is 12. The smallest absolute Gasteiger partial charge is 0.192 e. The largest absolute Gasteiger partial charge is 0.497 e. The fourth-order valence-electron chi connectivity index (χ4n) is 6.80. The Morgan fingerprint density at radius 1 is 0.887 bits per heavy atom. The molecule has 0 spiro atoms. The first kappa shape index (κ1) is 40.6. The Morgan fingerprint density at radius 2 is 1.57 bits per heavy atom. The third kappa shape index (κ3) is 9.34. The van der Waals surface area contributed by atoms with Crippen LogP contribution in [0, 0.1) is 0 Å². The minimum Gasteiger partial charge on any atom is -0.497 e. The number of fused-ring (bicyclic) bond motifs is 1. The van der Waals surface area contributed by atoms with Gasteiger partial charge in [0.25, 0.3) is 0 Å². The van der Waals surface area contributed by atoms with Crippen LogP contribution in [0.1, 0.15) is 65.9 Å². The SMILES string of the molecule is COc1ccc(CO[C@@H]2[C@H](OC(O)[C@@H]3OC(C)(C)O[C@H]3[C@H](O[Si](C)(C)C(C)(C)C)[C@H]3COC(C)(C)O3)O[C@@H]3COC(c4ccccc4)O[C@H]3[C@@H]2O)cc1. The van der Waals surface area contributed by atoms with Crippen LogP contribution < -0.4 is 4.74 Å². The van der Waals surface area contributed by atoms with Gasteiger partial charge in [-0.05, 0) is 63.5 Å². The lowest BCUT2D eigenvalue weighted by atomic mass is 9.97. The first-order valence-electron chi connectivity index (χ1n) is 18.5. The summed E-state index contributed by atoms with van der Waals surface area (Å²) in [5, 5.41) is 23.7. The molecule has 2 aromatic rings. The highest BCUT2D eigenvalue weighted by Crippen LogP contribution is 2.44. The van der Waals surface area contributed by atoms with Gasteiger partial charge in [0.05, 0.1) is 26.9 Å². The van der Waals surface area contributed by atoms with Gasteiger partial charge in [0.2, 0.25) is 0 Å². The minimum absolute atomic E-state index is 0.108. The molecule has 0 aliphatic carbocycles. The molecule has 0 amide bonds. The van der Waals surface area contributed by atoms with Crippen molar-refractivity contribution in [1.82, 2.24) is 0 Å². The van der Waals surface area contributed by atoms with Gasteiger partial charge in [-0.2, -0.15) is 0 Å². The van der Waals surface area contributed by atoms with Gasteiger partial charge in [-0.25, -0.2) is 0 Å². The standard InChI is InChI=1S/C39H58O13Si/c1-37(2,3)53(9,10)52-30(27-22-45-38(4,5)49-27)32-33(51-39(6,7)50-32)34(41)48-36-31(43-20-23-16-18-25(42-8)19-17-23)28(40)29-26(46-36)21-44-35(47-29)24-14-12-11-13-15-24/h11-19,26-36,40-41H,20-22H2,1-10H3/t26-,27-,28+,29-,30-,31+,32+,33-,34?,35?,36+/m1/s1. The molecule has 4 saturated heterocycles. The minimum atomic E-state index is -2.43. The average Bonchev–Trinajstić information content (AvgIpc) is 3.64. The molecule has 53 heavy (non-hydrogen) atoms. The highest BCUT2D eigenvalue weighted by molar-refractivity contribution is 6.74. The second-order valence-corrected chi connectivity index (χ2v) is 21.4. The average molecular weight is 763 g/mol. The van der Waals surface area contributed by atoms with E-state index >= 15 is 0 Å². The Morgan fingerprint density at radius 3 is 2.19 bits per heavy atom. The molecule has 2 N–H and O–H groups in total. The van der Waals surface area contributed by atoms with Crippen LogP contribution in [0.4, 0.5) is 0 Å². The van der Waals surface area contributed by atoms with Gasteiger partial charge < -0.3 is 62.0 Å². The highest BCUT2D eigenvalue weighted by atomic mass is 28.4. The zero-order chi connectivity index (χ0) is 38.3. The summed E-state index contributed by atoms with van der Waals surface area (Å²) in [6, 6.07) is 16.9. The van der Waals surface area contributed by atoms with Crippen molar-refractivity contribution in [2.24, 2.45) is 0 Å². The lowest BCUT2D eigenvalue weighted by molar-refractivity contribution is -0.387. The maximum atomic E-state index is 12.0. The predicted octanol–water partition coefficient (Wildman–Crippen LogP) is 5.18. The van der Waals surface area contributed by atoms with Crippen LogP contribution in [0.25, 0.3) is 0 Å². The van der Waals surface area contributed by atoms with Crippen LogP contribution in [0.2, 0.25) is 18.1 Å². The summed E-state index contributed by atoms with van der Waals surface area (Å²) in [5.74, 6) is -1.24. The van der Waals surface area contributed by atoms with Gasteiger partial charge in [-0.1, -0.05) is 63.2 Å². The molecule has 4 fully saturated rings. The Bertz CT molecular complexity index is 1480. The highest BCUT2D eigenvalue weighted by Gasteiger charge is 2.57. The first-order chi connectivity index (χ1) is 24.9. The molecular weight excluding hydrogens is 705 g/mol.